The second-order valence-electron chi connectivity index (χ2n) is 3.72. The fourth-order valence-corrected chi connectivity index (χ4v) is 1.75. The minimum Gasteiger partial charge on any atom is -0.479 e. The molecule has 0 aromatic heterocycles. The van der Waals surface area contributed by atoms with E-state index in [0.29, 0.717) is 29.8 Å². The Kier molecular flexibility index (Phi) is 5.41. The van der Waals surface area contributed by atoms with Crippen molar-refractivity contribution in [2.45, 2.75) is 25.6 Å². The maximum absolute atomic E-state index is 10.8. The third-order valence-corrected chi connectivity index (χ3v) is 2.77. The number of aliphatic hydroxyl groups excluding tert-OH is 2. The van der Waals surface area contributed by atoms with E-state index in [1.165, 1.54) is 6.07 Å². The monoisotopic (exact) mass is 258 g/mol. The van der Waals surface area contributed by atoms with Crippen LogP contribution in [0.2, 0.25) is 0 Å². The lowest BCUT2D eigenvalue weighted by Crippen LogP contribution is -2.13. The van der Waals surface area contributed by atoms with E-state index in [2.05, 4.69) is 0 Å². The van der Waals surface area contributed by atoms with E-state index in [4.69, 9.17) is 21.8 Å². The van der Waals surface area contributed by atoms with Gasteiger partial charge in [0.05, 0.1) is 6.61 Å². The van der Waals surface area contributed by atoms with Gasteiger partial charge in [-0.3, -0.25) is 0 Å². The summed E-state index contributed by atoms with van der Waals surface area (Å²) in [7, 11) is 0. The van der Waals surface area contributed by atoms with Crippen molar-refractivity contribution in [3.05, 3.63) is 34.9 Å². The molecule has 0 bridgehead atoms. The van der Waals surface area contributed by atoms with Crippen LogP contribution in [-0.4, -0.2) is 27.2 Å². The highest BCUT2D eigenvalue weighted by atomic mass is 35.5. The summed E-state index contributed by atoms with van der Waals surface area (Å²) < 4.78 is 0. The van der Waals surface area contributed by atoms with Gasteiger partial charge in [0.1, 0.15) is 0 Å². The Hall–Kier alpha value is -1.10. The maximum atomic E-state index is 10.8. The molecule has 1 aromatic rings. The smallest absolute Gasteiger partial charge is 0.337 e. The Labute approximate surface area is 104 Å². The van der Waals surface area contributed by atoms with Gasteiger partial charge >= 0.3 is 5.97 Å². The average molecular weight is 259 g/mol. The minimum atomic E-state index is -1.56. The van der Waals surface area contributed by atoms with Crippen LogP contribution in [0.4, 0.5) is 0 Å². The molecule has 0 aliphatic rings. The van der Waals surface area contributed by atoms with Gasteiger partial charge < -0.3 is 15.3 Å². The molecule has 1 atom stereocenters. The van der Waals surface area contributed by atoms with Gasteiger partial charge in [-0.25, -0.2) is 4.79 Å². The van der Waals surface area contributed by atoms with Gasteiger partial charge in [-0.15, -0.1) is 11.6 Å². The Bertz CT molecular complexity index is 392. The Morgan fingerprint density at radius 2 is 2.12 bits per heavy atom. The molecule has 0 radical (unpaired) electrons. The molecule has 0 aliphatic heterocycles. The van der Waals surface area contributed by atoms with E-state index in [9.17, 15) is 9.90 Å². The van der Waals surface area contributed by atoms with Crippen LogP contribution in [0.1, 0.15) is 29.2 Å². The number of aliphatic carboxylic acids is 1. The molecule has 4 nitrogen and oxygen atoms in total. The van der Waals surface area contributed by atoms with E-state index in [1.807, 2.05) is 0 Å². The number of alkyl halides is 1. The summed E-state index contributed by atoms with van der Waals surface area (Å²) in [4.78, 5) is 10.8. The lowest BCUT2D eigenvalue weighted by atomic mass is 9.96. The minimum absolute atomic E-state index is 0.185. The maximum Gasteiger partial charge on any atom is 0.337 e. The summed E-state index contributed by atoms with van der Waals surface area (Å²) in [6.45, 7) is -0.185. The fourth-order valence-electron chi connectivity index (χ4n) is 1.62. The van der Waals surface area contributed by atoms with Gasteiger partial charge in [0.15, 0.2) is 6.10 Å². The highest BCUT2D eigenvalue weighted by Gasteiger charge is 2.19. The summed E-state index contributed by atoms with van der Waals surface area (Å²) in [6.07, 6.45) is -0.249. The van der Waals surface area contributed by atoms with Crippen LogP contribution >= 0.6 is 11.6 Å². The molecule has 3 N–H and O–H groups in total. The Balaban J connectivity index is 3.06. The summed E-state index contributed by atoms with van der Waals surface area (Å²) in [5.41, 5.74) is 1.65. The van der Waals surface area contributed by atoms with Crippen LogP contribution in [-0.2, 0) is 17.8 Å². The van der Waals surface area contributed by atoms with Gasteiger partial charge in [-0.1, -0.05) is 18.2 Å². The molecule has 1 unspecified atom stereocenters. The Morgan fingerprint density at radius 3 is 2.65 bits per heavy atom. The topological polar surface area (TPSA) is 77.8 Å². The second kappa shape index (κ2) is 6.59. The second-order valence-corrected chi connectivity index (χ2v) is 4.10. The van der Waals surface area contributed by atoms with Gasteiger partial charge in [-0.05, 0) is 29.5 Å². The molecule has 0 saturated heterocycles. The van der Waals surface area contributed by atoms with Crippen molar-refractivity contribution in [3.8, 4) is 0 Å². The number of carbonyl (C=O) groups is 1. The fraction of sp³-hybridized carbons (Fsp3) is 0.417. The summed E-state index contributed by atoms with van der Waals surface area (Å²) in [6, 6.07) is 4.95. The van der Waals surface area contributed by atoms with Crippen LogP contribution in [0.25, 0.3) is 0 Å². The largest absolute Gasteiger partial charge is 0.479 e. The zero-order chi connectivity index (χ0) is 12.8. The molecule has 0 amide bonds. The first-order chi connectivity index (χ1) is 8.10. The number of hydrogen-bond acceptors (Lipinski definition) is 3. The van der Waals surface area contributed by atoms with Gasteiger partial charge in [0.2, 0.25) is 0 Å². The van der Waals surface area contributed by atoms with Crippen LogP contribution < -0.4 is 0 Å². The number of aliphatic hydroxyl groups is 2. The van der Waals surface area contributed by atoms with Crippen molar-refractivity contribution in [3.63, 3.8) is 0 Å². The highest BCUT2D eigenvalue weighted by Crippen LogP contribution is 2.22. The third-order valence-electron chi connectivity index (χ3n) is 2.50. The van der Waals surface area contributed by atoms with E-state index in [-0.39, 0.29) is 6.61 Å². The number of hydrogen-bond donors (Lipinski definition) is 3. The zero-order valence-corrected chi connectivity index (χ0v) is 10.0. The van der Waals surface area contributed by atoms with Crippen LogP contribution in [0.5, 0.6) is 0 Å². The predicted octanol–water partition coefficient (Wildman–Crippen LogP) is 1.47. The SMILES string of the molecule is O=C(O)C(O)c1cc(CO)ccc1CCCCl. The van der Waals surface area contributed by atoms with Crippen molar-refractivity contribution >= 4 is 17.6 Å². The first-order valence-corrected chi connectivity index (χ1v) is 5.83. The van der Waals surface area contributed by atoms with E-state index >= 15 is 0 Å². The van der Waals surface area contributed by atoms with Crippen molar-refractivity contribution in [2.75, 3.05) is 5.88 Å². The zero-order valence-electron chi connectivity index (χ0n) is 9.27. The van der Waals surface area contributed by atoms with Crippen LogP contribution in [0.3, 0.4) is 0 Å². The molecular formula is C12H15ClO4. The van der Waals surface area contributed by atoms with Crippen LogP contribution in [0.15, 0.2) is 18.2 Å². The lowest BCUT2D eigenvalue weighted by molar-refractivity contribution is -0.147. The van der Waals surface area contributed by atoms with Crippen LogP contribution in [0, 0.1) is 0 Å². The van der Waals surface area contributed by atoms with Crippen molar-refractivity contribution in [2.24, 2.45) is 0 Å². The predicted molar refractivity (Wildman–Crippen MR) is 64.0 cm³/mol. The normalized spacial score (nSPS) is 12.4. The van der Waals surface area contributed by atoms with Crippen molar-refractivity contribution in [1.82, 2.24) is 0 Å². The molecule has 1 rings (SSSR count). The first-order valence-electron chi connectivity index (χ1n) is 5.29. The summed E-state index contributed by atoms with van der Waals surface area (Å²) in [5, 5.41) is 27.4. The van der Waals surface area contributed by atoms with E-state index < -0.39 is 12.1 Å². The molecule has 17 heavy (non-hydrogen) atoms. The number of rotatable bonds is 6. The number of halogens is 1. The van der Waals surface area contributed by atoms with E-state index in [0.717, 1.165) is 5.56 Å². The molecule has 5 heteroatoms. The quantitative estimate of drug-likeness (QED) is 0.675. The number of aryl methyl sites for hydroxylation is 1. The molecule has 1 aromatic carbocycles. The molecule has 94 valence electrons. The van der Waals surface area contributed by atoms with Crippen molar-refractivity contribution < 1.29 is 20.1 Å². The number of benzene rings is 1. The van der Waals surface area contributed by atoms with E-state index in [1.54, 1.807) is 12.1 Å². The van der Waals surface area contributed by atoms with Gasteiger partial charge in [0.25, 0.3) is 0 Å². The lowest BCUT2D eigenvalue weighted by Gasteiger charge is -2.13. The average Bonchev–Trinajstić information content (AvgIpc) is 2.35. The summed E-state index contributed by atoms with van der Waals surface area (Å²) >= 11 is 5.59. The van der Waals surface area contributed by atoms with Crippen molar-refractivity contribution in [1.29, 1.82) is 0 Å². The molecule has 0 aliphatic carbocycles. The molecule has 0 fully saturated rings. The van der Waals surface area contributed by atoms with Gasteiger partial charge in [0, 0.05) is 5.88 Å². The molecule has 0 saturated carbocycles. The third kappa shape index (κ3) is 3.70. The first kappa shape index (κ1) is 14.0. The molecule has 0 spiro atoms. The molecule has 0 heterocycles. The number of carboxylic acids is 1. The highest BCUT2D eigenvalue weighted by molar-refractivity contribution is 6.17. The molecular weight excluding hydrogens is 244 g/mol. The number of carboxylic acid groups (broad SMARTS) is 1. The standard InChI is InChI=1S/C12H15ClO4/c13-5-1-2-9-4-3-8(7-14)6-10(9)11(15)12(16)17/h3-4,6,11,14-15H,1-2,5,7H2,(H,16,17). The van der Waals surface area contributed by atoms with Gasteiger partial charge in [-0.2, -0.15) is 0 Å². The Morgan fingerprint density at radius 1 is 1.41 bits per heavy atom. The summed E-state index contributed by atoms with van der Waals surface area (Å²) in [5.74, 6) is -0.822.